The van der Waals surface area contributed by atoms with E-state index in [1.165, 1.54) is 11.0 Å². The first-order valence-corrected chi connectivity index (χ1v) is 8.86. The molecule has 3 aromatic rings. The van der Waals surface area contributed by atoms with Crippen LogP contribution in [0.3, 0.4) is 0 Å². The number of hydrogen-bond donors (Lipinski definition) is 0. The summed E-state index contributed by atoms with van der Waals surface area (Å²) in [5.41, 5.74) is 0.591. The Morgan fingerprint density at radius 3 is 2.54 bits per heavy atom. The van der Waals surface area contributed by atoms with Crippen LogP contribution in [-0.4, -0.2) is 73.0 Å². The van der Waals surface area contributed by atoms with Crippen molar-refractivity contribution >= 4 is 11.8 Å². The first-order valence-electron chi connectivity index (χ1n) is 8.86. The molecule has 0 radical (unpaired) electrons. The zero-order valence-corrected chi connectivity index (χ0v) is 15.3. The van der Waals surface area contributed by atoms with Gasteiger partial charge in [0.2, 0.25) is 11.8 Å². The standard InChI is InChI=1S/C17H19N7O4/c1-12-13(19-17(28-12)14-3-2-8-27-14)9-15(25)22-4-6-23(7-5-22)16(26)10-24-11-18-20-21-24/h2-3,8,11H,4-7,9-10H2,1H3. The summed E-state index contributed by atoms with van der Waals surface area (Å²) in [5, 5.41) is 10.7. The van der Waals surface area contributed by atoms with Crippen LogP contribution in [0.1, 0.15) is 11.5 Å². The van der Waals surface area contributed by atoms with E-state index < -0.39 is 0 Å². The molecule has 0 N–H and O–H groups in total. The number of oxazole rings is 1. The van der Waals surface area contributed by atoms with Crippen LogP contribution < -0.4 is 0 Å². The largest absolute Gasteiger partial charge is 0.459 e. The fourth-order valence-corrected chi connectivity index (χ4v) is 3.05. The quantitative estimate of drug-likeness (QED) is 0.608. The number of carbonyl (C=O) groups is 2. The minimum Gasteiger partial charge on any atom is -0.459 e. The van der Waals surface area contributed by atoms with Crippen molar-refractivity contribution in [2.45, 2.75) is 19.9 Å². The van der Waals surface area contributed by atoms with Gasteiger partial charge in [-0.25, -0.2) is 9.67 Å². The van der Waals surface area contributed by atoms with Crippen molar-refractivity contribution in [3.8, 4) is 11.7 Å². The van der Waals surface area contributed by atoms with Crippen molar-refractivity contribution in [2.24, 2.45) is 0 Å². The lowest BCUT2D eigenvalue weighted by Crippen LogP contribution is -2.51. The smallest absolute Gasteiger partial charge is 0.263 e. The summed E-state index contributed by atoms with van der Waals surface area (Å²) in [6.07, 6.45) is 3.09. The molecule has 0 spiro atoms. The fraction of sp³-hybridized carbons (Fsp3) is 0.412. The van der Waals surface area contributed by atoms with Crippen LogP contribution in [0.5, 0.6) is 0 Å². The number of furan rings is 1. The summed E-state index contributed by atoms with van der Waals surface area (Å²) >= 11 is 0. The third-order valence-corrected chi connectivity index (χ3v) is 4.62. The second-order valence-electron chi connectivity index (χ2n) is 6.44. The van der Waals surface area contributed by atoms with Gasteiger partial charge in [-0.2, -0.15) is 0 Å². The molecule has 0 aromatic carbocycles. The minimum atomic E-state index is -0.0742. The van der Waals surface area contributed by atoms with E-state index in [9.17, 15) is 9.59 Å². The Morgan fingerprint density at radius 2 is 1.89 bits per heavy atom. The van der Waals surface area contributed by atoms with E-state index in [1.54, 1.807) is 35.1 Å². The van der Waals surface area contributed by atoms with Gasteiger partial charge in [0.25, 0.3) is 5.89 Å². The average Bonchev–Trinajstić information content (AvgIpc) is 3.45. The Hall–Kier alpha value is -3.50. The molecule has 1 saturated heterocycles. The van der Waals surface area contributed by atoms with Gasteiger partial charge in [0.15, 0.2) is 5.76 Å². The van der Waals surface area contributed by atoms with Gasteiger partial charge >= 0.3 is 0 Å². The maximum Gasteiger partial charge on any atom is 0.263 e. The maximum atomic E-state index is 12.6. The number of aryl methyl sites for hydroxylation is 1. The SMILES string of the molecule is Cc1oc(-c2ccco2)nc1CC(=O)N1CCN(C(=O)Cn2cnnn2)CC1. The van der Waals surface area contributed by atoms with Crippen molar-refractivity contribution in [1.29, 1.82) is 0 Å². The third-order valence-electron chi connectivity index (χ3n) is 4.62. The summed E-state index contributed by atoms with van der Waals surface area (Å²) in [6.45, 7) is 3.76. The fourth-order valence-electron chi connectivity index (χ4n) is 3.05. The topological polar surface area (TPSA) is 123 Å². The molecule has 11 heteroatoms. The lowest BCUT2D eigenvalue weighted by atomic mass is 10.2. The summed E-state index contributed by atoms with van der Waals surface area (Å²) in [7, 11) is 0. The lowest BCUT2D eigenvalue weighted by Gasteiger charge is -2.34. The number of piperazine rings is 1. The van der Waals surface area contributed by atoms with Crippen molar-refractivity contribution < 1.29 is 18.4 Å². The van der Waals surface area contributed by atoms with Gasteiger partial charge in [-0.3, -0.25) is 9.59 Å². The van der Waals surface area contributed by atoms with E-state index in [0.717, 1.165) is 0 Å². The van der Waals surface area contributed by atoms with Crippen LogP contribution in [0.15, 0.2) is 33.6 Å². The van der Waals surface area contributed by atoms with E-state index in [-0.39, 0.29) is 24.8 Å². The zero-order chi connectivity index (χ0) is 19.5. The van der Waals surface area contributed by atoms with Crippen LogP contribution in [0.4, 0.5) is 0 Å². The first-order chi connectivity index (χ1) is 13.6. The number of amides is 2. The van der Waals surface area contributed by atoms with Crippen molar-refractivity contribution in [2.75, 3.05) is 26.2 Å². The highest BCUT2D eigenvalue weighted by molar-refractivity contribution is 5.80. The van der Waals surface area contributed by atoms with Crippen LogP contribution in [-0.2, 0) is 22.6 Å². The maximum absolute atomic E-state index is 12.6. The molecule has 146 valence electrons. The molecular weight excluding hydrogens is 366 g/mol. The predicted molar refractivity (Wildman–Crippen MR) is 93.6 cm³/mol. The number of tetrazole rings is 1. The van der Waals surface area contributed by atoms with Gasteiger partial charge in [-0.05, 0) is 29.5 Å². The molecule has 3 aromatic heterocycles. The Balaban J connectivity index is 1.31. The Kier molecular flexibility index (Phi) is 4.87. The average molecular weight is 385 g/mol. The Morgan fingerprint density at radius 1 is 1.14 bits per heavy atom. The van der Waals surface area contributed by atoms with Crippen LogP contribution >= 0.6 is 0 Å². The van der Waals surface area contributed by atoms with E-state index >= 15 is 0 Å². The molecular formula is C17H19N7O4. The molecule has 0 saturated carbocycles. The molecule has 2 amide bonds. The van der Waals surface area contributed by atoms with E-state index in [4.69, 9.17) is 8.83 Å². The van der Waals surface area contributed by atoms with Crippen LogP contribution in [0, 0.1) is 6.92 Å². The van der Waals surface area contributed by atoms with Crippen LogP contribution in [0.25, 0.3) is 11.7 Å². The normalized spacial score (nSPS) is 14.5. The van der Waals surface area contributed by atoms with E-state index in [0.29, 0.717) is 49.3 Å². The summed E-state index contributed by atoms with van der Waals surface area (Å²) in [4.78, 5) is 32.7. The Bertz CT molecular complexity index is 940. The summed E-state index contributed by atoms with van der Waals surface area (Å²) in [6, 6.07) is 3.50. The number of rotatable bonds is 5. The molecule has 4 heterocycles. The van der Waals surface area contributed by atoms with Gasteiger partial charge in [0.05, 0.1) is 18.4 Å². The van der Waals surface area contributed by atoms with Crippen molar-refractivity contribution in [1.82, 2.24) is 35.0 Å². The summed E-state index contributed by atoms with van der Waals surface area (Å²) < 4.78 is 12.3. The molecule has 4 rings (SSSR count). The first kappa shape index (κ1) is 17.9. The number of aromatic nitrogens is 5. The molecule has 1 aliphatic heterocycles. The van der Waals surface area contributed by atoms with E-state index in [1.807, 2.05) is 0 Å². The molecule has 0 bridgehead atoms. The molecule has 0 aliphatic carbocycles. The lowest BCUT2D eigenvalue weighted by molar-refractivity contribution is -0.139. The molecule has 0 unspecified atom stereocenters. The van der Waals surface area contributed by atoms with Crippen LogP contribution in [0.2, 0.25) is 0 Å². The number of hydrogen-bond acceptors (Lipinski definition) is 8. The van der Waals surface area contributed by atoms with Gasteiger partial charge < -0.3 is 18.6 Å². The molecule has 0 atom stereocenters. The zero-order valence-electron chi connectivity index (χ0n) is 15.3. The molecule has 11 nitrogen and oxygen atoms in total. The van der Waals surface area contributed by atoms with Gasteiger partial charge in [0.1, 0.15) is 18.6 Å². The Labute approximate surface area is 159 Å². The van der Waals surface area contributed by atoms with Crippen molar-refractivity contribution in [3.05, 3.63) is 36.2 Å². The molecule has 1 fully saturated rings. The summed E-state index contributed by atoms with van der Waals surface area (Å²) in [5.74, 6) is 1.36. The van der Waals surface area contributed by atoms with E-state index in [2.05, 4.69) is 20.5 Å². The highest BCUT2D eigenvalue weighted by Crippen LogP contribution is 2.22. The van der Waals surface area contributed by atoms with Gasteiger partial charge in [-0.1, -0.05) is 0 Å². The highest BCUT2D eigenvalue weighted by atomic mass is 16.4. The van der Waals surface area contributed by atoms with Gasteiger partial charge in [-0.15, -0.1) is 5.10 Å². The monoisotopic (exact) mass is 385 g/mol. The van der Waals surface area contributed by atoms with Crippen molar-refractivity contribution in [3.63, 3.8) is 0 Å². The second kappa shape index (κ2) is 7.62. The minimum absolute atomic E-state index is 0.0463. The third kappa shape index (κ3) is 3.77. The molecule has 28 heavy (non-hydrogen) atoms. The number of nitrogens with zero attached hydrogens (tertiary/aromatic N) is 7. The number of carbonyl (C=O) groups excluding carboxylic acids is 2. The highest BCUT2D eigenvalue weighted by Gasteiger charge is 2.26. The van der Waals surface area contributed by atoms with Gasteiger partial charge in [0, 0.05) is 26.2 Å². The molecule has 1 aliphatic rings. The second-order valence-corrected chi connectivity index (χ2v) is 6.44. The predicted octanol–water partition coefficient (Wildman–Crippen LogP) is 0.143.